The van der Waals surface area contributed by atoms with Crippen molar-refractivity contribution in [2.75, 3.05) is 25.9 Å². The maximum absolute atomic E-state index is 11.9. The molecule has 1 aliphatic heterocycles. The summed E-state index contributed by atoms with van der Waals surface area (Å²) in [6, 6.07) is -0.0290. The fourth-order valence-corrected chi connectivity index (χ4v) is 3.24. The Labute approximate surface area is 122 Å². The zero-order valence-electron chi connectivity index (χ0n) is 13.0. The number of carbonyl (C=O) groups excluding carboxylic acids is 1. The average molecular weight is 306 g/mol. The van der Waals surface area contributed by atoms with Gasteiger partial charge in [0.05, 0.1) is 5.75 Å². The van der Waals surface area contributed by atoms with E-state index in [1.54, 1.807) is 18.9 Å². The lowest BCUT2D eigenvalue weighted by Gasteiger charge is -2.36. The van der Waals surface area contributed by atoms with E-state index in [1.165, 1.54) is 4.31 Å². The van der Waals surface area contributed by atoms with Crippen LogP contribution in [0, 0.1) is 0 Å². The van der Waals surface area contributed by atoms with Gasteiger partial charge in [-0.2, -0.15) is 0 Å². The summed E-state index contributed by atoms with van der Waals surface area (Å²) in [6.07, 6.45) is 0.973. The number of amides is 1. The molecule has 1 saturated heterocycles. The van der Waals surface area contributed by atoms with Crippen molar-refractivity contribution in [1.29, 1.82) is 0 Å². The van der Waals surface area contributed by atoms with Gasteiger partial charge in [-0.1, -0.05) is 0 Å². The highest BCUT2D eigenvalue weighted by Crippen LogP contribution is 2.20. The van der Waals surface area contributed by atoms with E-state index in [1.807, 2.05) is 20.8 Å². The van der Waals surface area contributed by atoms with Gasteiger partial charge in [-0.3, -0.25) is 0 Å². The number of ether oxygens (including phenoxy) is 1. The van der Waals surface area contributed by atoms with Gasteiger partial charge < -0.3 is 9.64 Å². The Morgan fingerprint density at radius 1 is 1.30 bits per heavy atom. The Hall–Kier alpha value is -0.820. The first kappa shape index (κ1) is 17.2. The van der Waals surface area contributed by atoms with Crippen LogP contribution in [0.15, 0.2) is 0 Å². The summed E-state index contributed by atoms with van der Waals surface area (Å²) in [6.45, 7) is 8.20. The van der Waals surface area contributed by atoms with Crippen LogP contribution in [0.1, 0.15) is 40.5 Å². The maximum atomic E-state index is 11.9. The van der Waals surface area contributed by atoms with E-state index >= 15 is 0 Å². The highest BCUT2D eigenvalue weighted by molar-refractivity contribution is 7.89. The quantitative estimate of drug-likeness (QED) is 0.795. The molecule has 0 bridgehead atoms. The predicted octanol–water partition coefficient (Wildman–Crippen LogP) is 1.67. The van der Waals surface area contributed by atoms with Crippen molar-refractivity contribution in [2.24, 2.45) is 0 Å². The van der Waals surface area contributed by atoms with E-state index in [-0.39, 0.29) is 17.9 Å². The maximum Gasteiger partial charge on any atom is 0.410 e. The lowest BCUT2D eigenvalue weighted by Crippen LogP contribution is -2.48. The smallest absolute Gasteiger partial charge is 0.410 e. The van der Waals surface area contributed by atoms with E-state index < -0.39 is 15.6 Å². The molecule has 0 aromatic carbocycles. The molecular weight excluding hydrogens is 280 g/mol. The molecule has 1 aliphatic rings. The summed E-state index contributed by atoms with van der Waals surface area (Å²) in [5, 5.41) is 0. The Bertz CT molecular complexity index is 434. The monoisotopic (exact) mass is 306 g/mol. The first-order valence-corrected chi connectivity index (χ1v) is 8.61. The zero-order valence-corrected chi connectivity index (χ0v) is 13.9. The summed E-state index contributed by atoms with van der Waals surface area (Å²) in [7, 11) is -1.55. The van der Waals surface area contributed by atoms with E-state index in [0.717, 1.165) is 0 Å². The SMILES string of the molecule is CCS(=O)(=O)N(C)C1CCN(C(=O)OC(C)(C)C)CC1. The van der Waals surface area contributed by atoms with Crippen molar-refractivity contribution in [2.45, 2.75) is 52.2 Å². The summed E-state index contributed by atoms with van der Waals surface area (Å²) in [5.41, 5.74) is -0.504. The van der Waals surface area contributed by atoms with Gasteiger partial charge in [0.25, 0.3) is 0 Å². The topological polar surface area (TPSA) is 66.9 Å². The number of nitrogens with zero attached hydrogens (tertiary/aromatic N) is 2. The average Bonchev–Trinajstić information content (AvgIpc) is 2.36. The van der Waals surface area contributed by atoms with Crippen LogP contribution < -0.4 is 0 Å². The van der Waals surface area contributed by atoms with Gasteiger partial charge in [-0.05, 0) is 40.5 Å². The van der Waals surface area contributed by atoms with Crippen molar-refractivity contribution in [1.82, 2.24) is 9.21 Å². The first-order valence-electron chi connectivity index (χ1n) is 7.00. The second kappa shape index (κ2) is 6.30. The molecule has 0 atom stereocenters. The summed E-state index contributed by atoms with van der Waals surface area (Å²) in [4.78, 5) is 13.6. The Morgan fingerprint density at radius 2 is 1.80 bits per heavy atom. The molecule has 7 heteroatoms. The van der Waals surface area contributed by atoms with Gasteiger partial charge in [0.2, 0.25) is 10.0 Å². The highest BCUT2D eigenvalue weighted by atomic mass is 32.2. The van der Waals surface area contributed by atoms with Crippen LogP contribution in [0.2, 0.25) is 0 Å². The highest BCUT2D eigenvalue weighted by Gasteiger charge is 2.31. The second-order valence-electron chi connectivity index (χ2n) is 6.12. The van der Waals surface area contributed by atoms with Crippen LogP contribution in [-0.2, 0) is 14.8 Å². The Morgan fingerprint density at radius 3 is 2.20 bits per heavy atom. The molecule has 0 N–H and O–H groups in total. The minimum atomic E-state index is -3.17. The fourth-order valence-electron chi connectivity index (χ4n) is 2.17. The van der Waals surface area contributed by atoms with Gasteiger partial charge in [-0.25, -0.2) is 17.5 Å². The molecular formula is C13H26N2O4S. The van der Waals surface area contributed by atoms with Crippen molar-refractivity contribution in [3.63, 3.8) is 0 Å². The Kier molecular flexibility index (Phi) is 5.43. The molecule has 0 aliphatic carbocycles. The number of piperidine rings is 1. The summed E-state index contributed by atoms with van der Waals surface area (Å²) in [5.74, 6) is 0.107. The van der Waals surface area contributed by atoms with Crippen molar-refractivity contribution >= 4 is 16.1 Å². The molecule has 118 valence electrons. The fraction of sp³-hybridized carbons (Fsp3) is 0.923. The predicted molar refractivity (Wildman–Crippen MR) is 78.1 cm³/mol. The van der Waals surface area contributed by atoms with E-state index in [4.69, 9.17) is 4.74 Å². The largest absolute Gasteiger partial charge is 0.444 e. The van der Waals surface area contributed by atoms with Crippen LogP contribution >= 0.6 is 0 Å². The number of sulfonamides is 1. The van der Waals surface area contributed by atoms with Crippen LogP contribution in [0.4, 0.5) is 4.79 Å². The molecule has 20 heavy (non-hydrogen) atoms. The van der Waals surface area contributed by atoms with E-state index in [9.17, 15) is 13.2 Å². The van der Waals surface area contributed by atoms with E-state index in [0.29, 0.717) is 25.9 Å². The third kappa shape index (κ3) is 4.63. The summed E-state index contributed by atoms with van der Waals surface area (Å²) >= 11 is 0. The number of hydrogen-bond donors (Lipinski definition) is 0. The van der Waals surface area contributed by atoms with Gasteiger partial charge in [0.1, 0.15) is 5.60 Å². The van der Waals surface area contributed by atoms with Crippen LogP contribution in [-0.4, -0.2) is 61.2 Å². The second-order valence-corrected chi connectivity index (χ2v) is 8.43. The standard InChI is InChI=1S/C13H26N2O4S/c1-6-20(17,18)14(5)11-7-9-15(10-8-11)12(16)19-13(2,3)4/h11H,6-10H2,1-5H3. The molecule has 1 rings (SSSR count). The summed E-state index contributed by atoms with van der Waals surface area (Å²) < 4.78 is 30.4. The third-order valence-electron chi connectivity index (χ3n) is 3.43. The molecule has 0 unspecified atom stereocenters. The first-order chi connectivity index (χ1) is 9.07. The zero-order chi connectivity index (χ0) is 15.6. The van der Waals surface area contributed by atoms with E-state index in [2.05, 4.69) is 0 Å². The van der Waals surface area contributed by atoms with Crippen LogP contribution in [0.5, 0.6) is 0 Å². The lowest BCUT2D eigenvalue weighted by molar-refractivity contribution is 0.0183. The molecule has 1 fully saturated rings. The minimum absolute atomic E-state index is 0.0290. The molecule has 1 heterocycles. The van der Waals surface area contributed by atoms with Gasteiger partial charge >= 0.3 is 6.09 Å². The molecule has 0 spiro atoms. The van der Waals surface area contributed by atoms with Crippen molar-refractivity contribution in [3.8, 4) is 0 Å². The molecule has 0 saturated carbocycles. The Balaban J connectivity index is 2.54. The molecule has 1 amide bonds. The van der Waals surface area contributed by atoms with Gasteiger partial charge in [0, 0.05) is 26.2 Å². The van der Waals surface area contributed by atoms with Crippen molar-refractivity contribution in [3.05, 3.63) is 0 Å². The van der Waals surface area contributed by atoms with Gasteiger partial charge in [0.15, 0.2) is 0 Å². The number of carbonyl (C=O) groups is 1. The van der Waals surface area contributed by atoms with Crippen molar-refractivity contribution < 1.29 is 17.9 Å². The normalized spacial score (nSPS) is 18.4. The lowest BCUT2D eigenvalue weighted by atomic mass is 10.1. The molecule has 0 aromatic rings. The minimum Gasteiger partial charge on any atom is -0.444 e. The third-order valence-corrected chi connectivity index (χ3v) is 5.34. The molecule has 6 nitrogen and oxygen atoms in total. The number of hydrogen-bond acceptors (Lipinski definition) is 4. The molecule has 0 radical (unpaired) electrons. The number of likely N-dealkylation sites (tertiary alicyclic amines) is 1. The van der Waals surface area contributed by atoms with Gasteiger partial charge in [-0.15, -0.1) is 0 Å². The molecule has 0 aromatic heterocycles. The number of rotatable bonds is 3. The van der Waals surface area contributed by atoms with Crippen LogP contribution in [0.25, 0.3) is 0 Å². The van der Waals surface area contributed by atoms with Crippen LogP contribution in [0.3, 0.4) is 0 Å².